The lowest BCUT2D eigenvalue weighted by Gasteiger charge is -2.29. The van der Waals surface area contributed by atoms with Gasteiger partial charge in [0.25, 0.3) is 0 Å². The lowest BCUT2D eigenvalue weighted by Crippen LogP contribution is -2.49. The van der Waals surface area contributed by atoms with Crippen molar-refractivity contribution in [1.29, 1.82) is 0 Å². The van der Waals surface area contributed by atoms with Crippen molar-refractivity contribution < 1.29 is 9.59 Å². The van der Waals surface area contributed by atoms with Gasteiger partial charge in [0.15, 0.2) is 0 Å². The molecule has 0 saturated heterocycles. The van der Waals surface area contributed by atoms with Crippen LogP contribution in [-0.2, 0) is 22.6 Å². The summed E-state index contributed by atoms with van der Waals surface area (Å²) in [7, 11) is 0. The molecule has 0 aliphatic carbocycles. The highest BCUT2D eigenvalue weighted by molar-refractivity contribution is 9.10. The zero-order valence-corrected chi connectivity index (χ0v) is 19.1. The quantitative estimate of drug-likeness (QED) is 0.582. The van der Waals surface area contributed by atoms with E-state index in [9.17, 15) is 9.59 Å². The smallest absolute Gasteiger partial charge is 0.242 e. The zero-order valence-electron chi connectivity index (χ0n) is 16.0. The fraction of sp³-hybridized carbons (Fsp3) is 0.333. The summed E-state index contributed by atoms with van der Waals surface area (Å²) in [5.41, 5.74) is 1.48. The number of rotatable bonds is 7. The SMILES string of the molecule is CC(C)NC(=O)C(C)N(Cc1cccc(Br)c1)C(=O)Cc1c(Cl)cccc1Cl. The van der Waals surface area contributed by atoms with Crippen LogP contribution < -0.4 is 5.32 Å². The summed E-state index contributed by atoms with van der Waals surface area (Å²) in [6.45, 7) is 5.79. The van der Waals surface area contributed by atoms with Gasteiger partial charge < -0.3 is 10.2 Å². The Hall–Kier alpha value is -1.56. The average Bonchev–Trinajstić information content (AvgIpc) is 2.61. The Kier molecular flexibility index (Phi) is 8.35. The Labute approximate surface area is 184 Å². The second-order valence-electron chi connectivity index (χ2n) is 6.87. The van der Waals surface area contributed by atoms with Crippen LogP contribution in [0.4, 0.5) is 0 Å². The number of hydrogen-bond donors (Lipinski definition) is 1. The second kappa shape index (κ2) is 10.3. The molecule has 2 amide bonds. The summed E-state index contributed by atoms with van der Waals surface area (Å²) >= 11 is 15.9. The van der Waals surface area contributed by atoms with Crippen molar-refractivity contribution in [3.05, 3.63) is 68.1 Å². The van der Waals surface area contributed by atoms with E-state index >= 15 is 0 Å². The van der Waals surface area contributed by atoms with Gasteiger partial charge in [-0.2, -0.15) is 0 Å². The first kappa shape index (κ1) is 22.7. The van der Waals surface area contributed by atoms with E-state index < -0.39 is 6.04 Å². The van der Waals surface area contributed by atoms with Gasteiger partial charge >= 0.3 is 0 Å². The van der Waals surface area contributed by atoms with Crippen molar-refractivity contribution in [3.8, 4) is 0 Å². The number of halogens is 3. The number of benzene rings is 2. The molecule has 28 heavy (non-hydrogen) atoms. The van der Waals surface area contributed by atoms with Gasteiger partial charge in [0.1, 0.15) is 6.04 Å². The molecule has 1 atom stereocenters. The van der Waals surface area contributed by atoms with Gasteiger partial charge in [0.05, 0.1) is 6.42 Å². The Morgan fingerprint density at radius 3 is 2.25 bits per heavy atom. The minimum Gasteiger partial charge on any atom is -0.352 e. The fourth-order valence-electron chi connectivity index (χ4n) is 2.77. The zero-order chi connectivity index (χ0) is 20.8. The molecule has 1 N–H and O–H groups in total. The van der Waals surface area contributed by atoms with Gasteiger partial charge in [-0.25, -0.2) is 0 Å². The third-order valence-electron chi connectivity index (χ3n) is 4.23. The van der Waals surface area contributed by atoms with E-state index in [-0.39, 0.29) is 24.3 Å². The van der Waals surface area contributed by atoms with Crippen LogP contribution >= 0.6 is 39.1 Å². The Morgan fingerprint density at radius 2 is 1.68 bits per heavy atom. The van der Waals surface area contributed by atoms with Crippen LogP contribution in [0.2, 0.25) is 10.0 Å². The normalized spacial score (nSPS) is 12.0. The monoisotopic (exact) mass is 484 g/mol. The van der Waals surface area contributed by atoms with Crippen LogP contribution in [0.15, 0.2) is 46.9 Å². The van der Waals surface area contributed by atoms with Crippen LogP contribution in [0, 0.1) is 0 Å². The van der Waals surface area contributed by atoms with Crippen LogP contribution in [-0.4, -0.2) is 28.8 Å². The maximum atomic E-state index is 13.2. The van der Waals surface area contributed by atoms with Crippen LogP contribution in [0.1, 0.15) is 31.9 Å². The molecule has 0 spiro atoms. The molecule has 2 rings (SSSR count). The molecule has 0 heterocycles. The molecule has 1 unspecified atom stereocenters. The van der Waals surface area contributed by atoms with Crippen molar-refractivity contribution in [2.24, 2.45) is 0 Å². The lowest BCUT2D eigenvalue weighted by molar-refractivity contribution is -0.140. The maximum Gasteiger partial charge on any atom is 0.242 e. The first-order valence-electron chi connectivity index (χ1n) is 8.96. The van der Waals surface area contributed by atoms with Crippen LogP contribution in [0.5, 0.6) is 0 Å². The van der Waals surface area contributed by atoms with Gasteiger partial charge in [0, 0.05) is 27.1 Å². The van der Waals surface area contributed by atoms with Gasteiger partial charge in [-0.15, -0.1) is 0 Å². The molecule has 4 nitrogen and oxygen atoms in total. The van der Waals surface area contributed by atoms with Gasteiger partial charge in [-0.3, -0.25) is 9.59 Å². The minimum atomic E-state index is -0.643. The number of nitrogens with zero attached hydrogens (tertiary/aromatic N) is 1. The highest BCUT2D eigenvalue weighted by Crippen LogP contribution is 2.26. The maximum absolute atomic E-state index is 13.2. The number of amides is 2. The first-order valence-corrected chi connectivity index (χ1v) is 10.5. The average molecular weight is 486 g/mol. The first-order chi connectivity index (χ1) is 13.2. The summed E-state index contributed by atoms with van der Waals surface area (Å²) in [5, 5.41) is 3.73. The molecule has 0 radical (unpaired) electrons. The third-order valence-corrected chi connectivity index (χ3v) is 5.43. The van der Waals surface area contributed by atoms with Crippen molar-refractivity contribution >= 4 is 50.9 Å². The number of carbonyl (C=O) groups excluding carboxylic acids is 2. The molecule has 0 aromatic heterocycles. The van der Waals surface area contributed by atoms with Crippen molar-refractivity contribution in [3.63, 3.8) is 0 Å². The largest absolute Gasteiger partial charge is 0.352 e. The highest BCUT2D eigenvalue weighted by Gasteiger charge is 2.27. The minimum absolute atomic E-state index is 0.0178. The number of carbonyl (C=O) groups is 2. The lowest BCUT2D eigenvalue weighted by atomic mass is 10.1. The molecule has 0 aliphatic heterocycles. The van der Waals surface area contributed by atoms with Gasteiger partial charge in [0.2, 0.25) is 11.8 Å². The summed E-state index contributed by atoms with van der Waals surface area (Å²) < 4.78 is 0.908. The molecule has 7 heteroatoms. The van der Waals surface area contributed by atoms with E-state index in [1.54, 1.807) is 30.0 Å². The third kappa shape index (κ3) is 6.23. The number of nitrogens with one attached hydrogen (secondary N) is 1. The summed E-state index contributed by atoms with van der Waals surface area (Å²) in [6.07, 6.45) is 0.0197. The number of hydrogen-bond acceptors (Lipinski definition) is 2. The fourth-order valence-corrected chi connectivity index (χ4v) is 3.75. The molecule has 2 aromatic rings. The standard InChI is InChI=1S/C21H23BrCl2N2O2/c1-13(2)25-21(28)14(3)26(12-15-6-4-7-16(22)10-15)20(27)11-17-18(23)8-5-9-19(17)24/h4-10,13-14H,11-12H2,1-3H3,(H,25,28). The molecular formula is C21H23BrCl2N2O2. The highest BCUT2D eigenvalue weighted by atomic mass is 79.9. The molecule has 150 valence electrons. The van der Waals surface area contributed by atoms with Gasteiger partial charge in [-0.05, 0) is 56.2 Å². The van der Waals surface area contributed by atoms with Crippen molar-refractivity contribution in [2.75, 3.05) is 0 Å². The molecule has 0 bridgehead atoms. The summed E-state index contributed by atoms with van der Waals surface area (Å²) in [5.74, 6) is -0.426. The molecule has 0 fully saturated rings. The molecule has 0 saturated carbocycles. The van der Waals surface area contributed by atoms with E-state index in [1.807, 2.05) is 38.1 Å². The van der Waals surface area contributed by atoms with Crippen LogP contribution in [0.25, 0.3) is 0 Å². The van der Waals surface area contributed by atoms with E-state index in [2.05, 4.69) is 21.2 Å². The predicted molar refractivity (Wildman–Crippen MR) is 118 cm³/mol. The molecule has 0 aliphatic rings. The summed E-state index contributed by atoms with van der Waals surface area (Å²) in [4.78, 5) is 27.3. The van der Waals surface area contributed by atoms with E-state index in [0.717, 1.165) is 10.0 Å². The second-order valence-corrected chi connectivity index (χ2v) is 8.60. The predicted octanol–water partition coefficient (Wildman–Crippen LogP) is 5.24. The summed E-state index contributed by atoms with van der Waals surface area (Å²) in [6, 6.07) is 12.1. The van der Waals surface area contributed by atoms with Crippen molar-refractivity contribution in [1.82, 2.24) is 10.2 Å². The van der Waals surface area contributed by atoms with Gasteiger partial charge in [-0.1, -0.05) is 57.3 Å². The van der Waals surface area contributed by atoms with Crippen molar-refractivity contribution in [2.45, 2.75) is 45.8 Å². The molecular weight excluding hydrogens is 463 g/mol. The Morgan fingerprint density at radius 1 is 1.07 bits per heavy atom. The topological polar surface area (TPSA) is 49.4 Å². The Bertz CT molecular complexity index is 838. The molecule has 2 aromatic carbocycles. The van der Waals surface area contributed by atoms with E-state index in [0.29, 0.717) is 22.2 Å². The van der Waals surface area contributed by atoms with Crippen LogP contribution in [0.3, 0.4) is 0 Å². The Balaban J connectivity index is 2.30. The van der Waals surface area contributed by atoms with E-state index in [4.69, 9.17) is 23.2 Å². The van der Waals surface area contributed by atoms with E-state index in [1.165, 1.54) is 0 Å².